The van der Waals surface area contributed by atoms with E-state index in [0.717, 1.165) is 16.7 Å². The summed E-state index contributed by atoms with van der Waals surface area (Å²) in [6.07, 6.45) is 7.24. The van der Waals surface area contributed by atoms with Crippen molar-refractivity contribution in [3.05, 3.63) is 54.1 Å². The van der Waals surface area contributed by atoms with Crippen LogP contribution < -0.4 is 5.32 Å². The Balaban J connectivity index is 1.84. The Hall–Kier alpha value is -2.89. The molecule has 124 valence electrons. The highest BCUT2D eigenvalue weighted by atomic mass is 16.1. The van der Waals surface area contributed by atoms with Crippen LogP contribution in [-0.4, -0.2) is 25.5 Å². The van der Waals surface area contributed by atoms with Gasteiger partial charge >= 0.3 is 0 Å². The molecular weight excluding hydrogens is 302 g/mol. The van der Waals surface area contributed by atoms with Crippen LogP contribution in [0.15, 0.2) is 43.0 Å². The third kappa shape index (κ3) is 3.22. The first-order chi connectivity index (χ1) is 11.4. The second-order valence-electron chi connectivity index (χ2n) is 6.19. The Morgan fingerprint density at radius 1 is 1.17 bits per heavy atom. The van der Waals surface area contributed by atoms with Gasteiger partial charge in [-0.2, -0.15) is 10.2 Å². The second kappa shape index (κ2) is 6.31. The van der Waals surface area contributed by atoms with E-state index in [4.69, 9.17) is 0 Å². The van der Waals surface area contributed by atoms with Crippen LogP contribution in [-0.2, 0) is 7.05 Å². The zero-order valence-electron chi connectivity index (χ0n) is 14.3. The minimum absolute atomic E-state index is 0.150. The molecule has 1 amide bonds. The number of benzene rings is 1. The van der Waals surface area contributed by atoms with Gasteiger partial charge < -0.3 is 5.32 Å². The van der Waals surface area contributed by atoms with Gasteiger partial charge in [0, 0.05) is 36.6 Å². The quantitative estimate of drug-likeness (QED) is 0.800. The molecule has 0 spiro atoms. The number of hydrogen-bond donors (Lipinski definition) is 1. The van der Waals surface area contributed by atoms with Gasteiger partial charge in [0.15, 0.2) is 0 Å². The molecule has 0 aliphatic rings. The molecule has 24 heavy (non-hydrogen) atoms. The van der Waals surface area contributed by atoms with Gasteiger partial charge in [-0.3, -0.25) is 14.2 Å². The lowest BCUT2D eigenvalue weighted by molar-refractivity contribution is 0.102. The molecule has 2 heterocycles. The predicted molar refractivity (Wildman–Crippen MR) is 93.9 cm³/mol. The van der Waals surface area contributed by atoms with Crippen molar-refractivity contribution < 1.29 is 4.79 Å². The fourth-order valence-electron chi connectivity index (χ4n) is 2.52. The van der Waals surface area contributed by atoms with Crippen LogP contribution in [0.3, 0.4) is 0 Å². The molecule has 0 saturated heterocycles. The first-order valence-corrected chi connectivity index (χ1v) is 7.89. The van der Waals surface area contributed by atoms with Gasteiger partial charge in [0.2, 0.25) is 0 Å². The van der Waals surface area contributed by atoms with Crippen molar-refractivity contribution >= 4 is 11.6 Å². The molecule has 6 heteroatoms. The molecule has 6 nitrogen and oxygen atoms in total. The Labute approximate surface area is 141 Å². The van der Waals surface area contributed by atoms with Crippen LogP contribution in [0.25, 0.3) is 11.1 Å². The van der Waals surface area contributed by atoms with Crippen LogP contribution in [0.1, 0.15) is 35.8 Å². The Morgan fingerprint density at radius 2 is 1.96 bits per heavy atom. The van der Waals surface area contributed by atoms with Gasteiger partial charge in [-0.05, 0) is 44.0 Å². The lowest BCUT2D eigenvalue weighted by Gasteiger charge is -2.08. The number of anilines is 1. The Bertz CT molecular complexity index is 875. The second-order valence-corrected chi connectivity index (χ2v) is 6.19. The number of nitrogens with zero attached hydrogens (tertiary/aromatic N) is 4. The summed E-state index contributed by atoms with van der Waals surface area (Å²) < 4.78 is 3.56. The molecule has 0 bridgehead atoms. The molecule has 1 aromatic carbocycles. The number of aromatic nitrogens is 4. The smallest absolute Gasteiger partial charge is 0.255 e. The highest BCUT2D eigenvalue weighted by Crippen LogP contribution is 2.24. The Morgan fingerprint density at radius 3 is 2.58 bits per heavy atom. The third-order valence-corrected chi connectivity index (χ3v) is 3.90. The van der Waals surface area contributed by atoms with Crippen LogP contribution in [0.4, 0.5) is 5.69 Å². The lowest BCUT2D eigenvalue weighted by Crippen LogP contribution is -2.11. The van der Waals surface area contributed by atoms with E-state index >= 15 is 0 Å². The van der Waals surface area contributed by atoms with Crippen LogP contribution >= 0.6 is 0 Å². The van der Waals surface area contributed by atoms with Crippen molar-refractivity contribution in [3.63, 3.8) is 0 Å². The van der Waals surface area contributed by atoms with E-state index in [1.165, 1.54) is 0 Å². The Kier molecular flexibility index (Phi) is 4.20. The van der Waals surface area contributed by atoms with Gasteiger partial charge in [0.1, 0.15) is 0 Å². The summed E-state index contributed by atoms with van der Waals surface area (Å²) in [6.45, 7) is 6.11. The average molecular weight is 323 g/mol. The molecule has 0 unspecified atom stereocenters. The topological polar surface area (TPSA) is 64.7 Å². The molecule has 3 rings (SSSR count). The number of hydrogen-bond acceptors (Lipinski definition) is 3. The van der Waals surface area contributed by atoms with Crippen molar-refractivity contribution in [2.45, 2.75) is 26.8 Å². The molecule has 0 fully saturated rings. The third-order valence-electron chi connectivity index (χ3n) is 3.90. The lowest BCUT2D eigenvalue weighted by atomic mass is 10.0. The van der Waals surface area contributed by atoms with E-state index in [0.29, 0.717) is 11.3 Å². The highest BCUT2D eigenvalue weighted by molar-refractivity contribution is 6.05. The van der Waals surface area contributed by atoms with Crippen molar-refractivity contribution in [2.24, 2.45) is 7.05 Å². The maximum atomic E-state index is 12.5. The minimum atomic E-state index is -0.150. The summed E-state index contributed by atoms with van der Waals surface area (Å²) in [6, 6.07) is 5.94. The molecule has 0 aliphatic carbocycles. The normalized spacial score (nSPS) is 11.0. The summed E-state index contributed by atoms with van der Waals surface area (Å²) in [4.78, 5) is 12.5. The van der Waals surface area contributed by atoms with Crippen LogP contribution in [0, 0.1) is 6.92 Å². The number of amides is 1. The molecule has 0 aliphatic heterocycles. The van der Waals surface area contributed by atoms with Gasteiger partial charge in [-0.25, -0.2) is 0 Å². The summed E-state index contributed by atoms with van der Waals surface area (Å²) in [5.74, 6) is -0.150. The molecule has 3 aromatic rings. The molecule has 1 N–H and O–H groups in total. The number of rotatable bonds is 4. The predicted octanol–water partition coefficient (Wildman–Crippen LogP) is 3.43. The number of nitrogens with one attached hydrogen (secondary N) is 1. The maximum Gasteiger partial charge on any atom is 0.255 e. The molecule has 0 saturated carbocycles. The summed E-state index contributed by atoms with van der Waals surface area (Å²) in [7, 11) is 1.88. The zero-order chi connectivity index (χ0) is 17.3. The van der Waals surface area contributed by atoms with E-state index in [1.807, 2.05) is 63.1 Å². The number of carbonyl (C=O) groups excluding carboxylic acids is 1. The van der Waals surface area contributed by atoms with E-state index < -0.39 is 0 Å². The number of carbonyl (C=O) groups is 1. The van der Waals surface area contributed by atoms with E-state index in [9.17, 15) is 4.79 Å². The first-order valence-electron chi connectivity index (χ1n) is 7.89. The average Bonchev–Trinajstić information content (AvgIpc) is 3.17. The molecule has 0 radical (unpaired) electrons. The minimum Gasteiger partial charge on any atom is -0.319 e. The first kappa shape index (κ1) is 16.0. The fourth-order valence-corrected chi connectivity index (χ4v) is 2.52. The largest absolute Gasteiger partial charge is 0.319 e. The summed E-state index contributed by atoms with van der Waals surface area (Å²) in [5.41, 5.74) is 4.41. The summed E-state index contributed by atoms with van der Waals surface area (Å²) >= 11 is 0. The standard InChI is InChI=1S/C18H21N5O/c1-12(2)23-11-16(9-20-23)21-18(24)14-6-5-13(3)17(7-14)15-8-19-22(4)10-15/h5-12H,1-4H3,(H,21,24). The van der Waals surface area contributed by atoms with Gasteiger partial charge in [0.25, 0.3) is 5.91 Å². The van der Waals surface area contributed by atoms with E-state index in [2.05, 4.69) is 15.5 Å². The highest BCUT2D eigenvalue weighted by Gasteiger charge is 2.12. The SMILES string of the molecule is Cc1ccc(C(=O)Nc2cnn(C(C)C)c2)cc1-c1cnn(C)c1. The summed E-state index contributed by atoms with van der Waals surface area (Å²) in [5, 5.41) is 11.3. The van der Waals surface area contributed by atoms with Crippen LogP contribution in [0.5, 0.6) is 0 Å². The molecular formula is C18H21N5O. The van der Waals surface area contributed by atoms with Crippen LogP contribution in [0.2, 0.25) is 0 Å². The molecule has 0 atom stereocenters. The monoisotopic (exact) mass is 323 g/mol. The fraction of sp³-hybridized carbons (Fsp3) is 0.278. The number of aryl methyl sites for hydroxylation is 2. The van der Waals surface area contributed by atoms with Gasteiger partial charge in [0.05, 0.1) is 18.1 Å². The van der Waals surface area contributed by atoms with Crippen molar-refractivity contribution in [1.82, 2.24) is 19.6 Å². The molecule has 2 aromatic heterocycles. The maximum absolute atomic E-state index is 12.5. The van der Waals surface area contributed by atoms with Crippen molar-refractivity contribution in [1.29, 1.82) is 0 Å². The zero-order valence-corrected chi connectivity index (χ0v) is 14.3. The van der Waals surface area contributed by atoms with E-state index in [-0.39, 0.29) is 11.9 Å². The van der Waals surface area contributed by atoms with Crippen molar-refractivity contribution in [3.8, 4) is 11.1 Å². The van der Waals surface area contributed by atoms with Crippen molar-refractivity contribution in [2.75, 3.05) is 5.32 Å². The van der Waals surface area contributed by atoms with E-state index in [1.54, 1.807) is 17.1 Å². The van der Waals surface area contributed by atoms with Gasteiger partial charge in [-0.15, -0.1) is 0 Å². The van der Waals surface area contributed by atoms with Gasteiger partial charge in [-0.1, -0.05) is 6.07 Å².